The van der Waals surface area contributed by atoms with E-state index in [1.165, 1.54) is 0 Å². The molecule has 1 unspecified atom stereocenters. The summed E-state index contributed by atoms with van der Waals surface area (Å²) < 4.78 is 0. The number of fused-ring (bicyclic) bond motifs is 1. The van der Waals surface area contributed by atoms with Crippen molar-refractivity contribution in [3.05, 3.63) is 35.4 Å². The van der Waals surface area contributed by atoms with Crippen molar-refractivity contribution in [2.45, 2.75) is 11.3 Å². The highest BCUT2D eigenvalue weighted by Gasteiger charge is 2.47. The highest BCUT2D eigenvalue weighted by atomic mass is 35.5. The van der Waals surface area contributed by atoms with Gasteiger partial charge in [0.15, 0.2) is 10.7 Å². The number of hydrogen-bond acceptors (Lipinski definition) is 2. The van der Waals surface area contributed by atoms with Crippen molar-refractivity contribution in [1.82, 2.24) is 0 Å². The van der Waals surface area contributed by atoms with E-state index in [-0.39, 0.29) is 24.6 Å². The molecule has 1 aliphatic rings. The number of carboxylic acids is 1. The predicted octanol–water partition coefficient (Wildman–Crippen LogP) is 2.21. The number of hydrogen-bond donors (Lipinski definition) is 1. The summed E-state index contributed by atoms with van der Waals surface area (Å²) >= 11 is 5.91. The summed E-state index contributed by atoms with van der Waals surface area (Å²) in [5, 5.41) is 8.95. The van der Waals surface area contributed by atoms with Gasteiger partial charge in [0.1, 0.15) is 0 Å². The molecule has 80 valence electrons. The second-order valence-corrected chi connectivity index (χ2v) is 3.90. The Labute approximate surface area is 97.5 Å². The van der Waals surface area contributed by atoms with Crippen LogP contribution in [-0.4, -0.2) is 16.9 Å². The van der Waals surface area contributed by atoms with E-state index in [9.17, 15) is 9.59 Å². The third-order valence-corrected chi connectivity index (χ3v) is 2.90. The van der Waals surface area contributed by atoms with Crippen molar-refractivity contribution in [3.8, 4) is 0 Å². The van der Waals surface area contributed by atoms with E-state index in [2.05, 4.69) is 0 Å². The van der Waals surface area contributed by atoms with Crippen LogP contribution in [-0.2, 0) is 9.67 Å². The third kappa shape index (κ3) is 1.62. The van der Waals surface area contributed by atoms with Crippen LogP contribution in [0.15, 0.2) is 24.3 Å². The molecule has 5 heteroatoms. The molecule has 15 heavy (non-hydrogen) atoms. The van der Waals surface area contributed by atoms with Gasteiger partial charge in [0.2, 0.25) is 0 Å². The largest absolute Gasteiger partial charge is 0.480 e. The Morgan fingerprint density at radius 2 is 2.00 bits per heavy atom. The van der Waals surface area contributed by atoms with Gasteiger partial charge in [-0.25, -0.2) is 4.79 Å². The van der Waals surface area contributed by atoms with Gasteiger partial charge in [-0.3, -0.25) is 4.79 Å². The second-order valence-electron chi connectivity index (χ2n) is 3.25. The SMILES string of the molecule is Cl.O=C1CC(Cl)(C(=O)O)c2ccccc21. The molecular formula is C10H8Cl2O3. The topological polar surface area (TPSA) is 54.4 Å². The summed E-state index contributed by atoms with van der Waals surface area (Å²) in [5.41, 5.74) is 0.823. The maximum atomic E-state index is 11.4. The number of alkyl halides is 1. The van der Waals surface area contributed by atoms with E-state index in [0.717, 1.165) is 0 Å². The smallest absolute Gasteiger partial charge is 0.329 e. The quantitative estimate of drug-likeness (QED) is 0.774. The van der Waals surface area contributed by atoms with Gasteiger partial charge in [0.25, 0.3) is 0 Å². The molecule has 0 bridgehead atoms. The van der Waals surface area contributed by atoms with Crippen molar-refractivity contribution in [1.29, 1.82) is 0 Å². The summed E-state index contributed by atoms with van der Waals surface area (Å²) in [5.74, 6) is -1.38. The standard InChI is InChI=1S/C10H7ClO3.ClH/c11-10(9(13)14)5-8(12)6-3-1-2-4-7(6)10;/h1-4H,5H2,(H,13,14);1H. The maximum absolute atomic E-state index is 11.4. The van der Waals surface area contributed by atoms with Gasteiger partial charge in [-0.2, -0.15) is 0 Å². The van der Waals surface area contributed by atoms with E-state index in [1.807, 2.05) is 0 Å². The minimum atomic E-state index is -1.56. The number of carbonyl (C=O) groups is 2. The minimum Gasteiger partial charge on any atom is -0.480 e. The van der Waals surface area contributed by atoms with Gasteiger partial charge in [0.05, 0.1) is 0 Å². The molecule has 0 saturated heterocycles. The first-order chi connectivity index (χ1) is 6.55. The Bertz CT molecular complexity index is 430. The molecule has 0 saturated carbocycles. The first-order valence-corrected chi connectivity index (χ1v) is 4.48. The zero-order valence-corrected chi connectivity index (χ0v) is 9.14. The predicted molar refractivity (Wildman–Crippen MR) is 57.8 cm³/mol. The van der Waals surface area contributed by atoms with E-state index in [1.54, 1.807) is 24.3 Å². The molecule has 1 aromatic rings. The molecule has 0 aliphatic heterocycles. The van der Waals surface area contributed by atoms with Crippen LogP contribution in [0.5, 0.6) is 0 Å². The number of carboxylic acid groups (broad SMARTS) is 1. The lowest BCUT2D eigenvalue weighted by Crippen LogP contribution is -2.27. The summed E-state index contributed by atoms with van der Waals surface area (Å²) in [4.78, 5) is 20.8. The lowest BCUT2D eigenvalue weighted by Gasteiger charge is -2.15. The number of aliphatic carboxylic acids is 1. The van der Waals surface area contributed by atoms with Crippen LogP contribution < -0.4 is 0 Å². The zero-order valence-electron chi connectivity index (χ0n) is 7.57. The Morgan fingerprint density at radius 1 is 1.40 bits per heavy atom. The molecule has 3 nitrogen and oxygen atoms in total. The molecule has 0 radical (unpaired) electrons. The number of ketones is 1. The average Bonchev–Trinajstić information content (AvgIpc) is 2.42. The normalized spacial score (nSPS) is 23.1. The molecule has 1 aromatic carbocycles. The molecule has 0 heterocycles. The molecule has 0 amide bonds. The van der Waals surface area contributed by atoms with Crippen molar-refractivity contribution >= 4 is 35.8 Å². The summed E-state index contributed by atoms with van der Waals surface area (Å²) in [6.07, 6.45) is -0.163. The van der Waals surface area contributed by atoms with Gasteiger partial charge in [-0.05, 0) is 5.56 Å². The van der Waals surface area contributed by atoms with Crippen molar-refractivity contribution in [2.24, 2.45) is 0 Å². The number of carbonyl (C=O) groups excluding carboxylic acids is 1. The van der Waals surface area contributed by atoms with Gasteiger partial charge in [-0.1, -0.05) is 24.3 Å². The van der Waals surface area contributed by atoms with E-state index in [0.29, 0.717) is 11.1 Å². The Balaban J connectivity index is 0.00000112. The molecule has 0 spiro atoms. The summed E-state index contributed by atoms with van der Waals surface area (Å²) in [6, 6.07) is 6.56. The Kier molecular flexibility index (Phi) is 3.07. The van der Waals surface area contributed by atoms with Gasteiger partial charge in [-0.15, -0.1) is 24.0 Å². The number of benzene rings is 1. The molecule has 0 fully saturated rings. The molecule has 0 aromatic heterocycles. The average molecular weight is 247 g/mol. The fourth-order valence-corrected chi connectivity index (χ4v) is 1.96. The zero-order chi connectivity index (χ0) is 10.3. The van der Waals surface area contributed by atoms with Crippen LogP contribution in [0.3, 0.4) is 0 Å². The fourth-order valence-electron chi connectivity index (χ4n) is 1.67. The van der Waals surface area contributed by atoms with Gasteiger partial charge >= 0.3 is 5.97 Å². The van der Waals surface area contributed by atoms with Crippen LogP contribution in [0.2, 0.25) is 0 Å². The lowest BCUT2D eigenvalue weighted by molar-refractivity contribution is -0.140. The van der Waals surface area contributed by atoms with Crippen LogP contribution in [0.25, 0.3) is 0 Å². The van der Waals surface area contributed by atoms with Crippen LogP contribution >= 0.6 is 24.0 Å². The monoisotopic (exact) mass is 246 g/mol. The van der Waals surface area contributed by atoms with Crippen molar-refractivity contribution < 1.29 is 14.7 Å². The minimum absolute atomic E-state index is 0. The van der Waals surface area contributed by atoms with E-state index < -0.39 is 10.8 Å². The highest BCUT2D eigenvalue weighted by Crippen LogP contribution is 2.42. The molecule has 1 atom stereocenters. The third-order valence-electron chi connectivity index (χ3n) is 2.40. The number of rotatable bonds is 1. The summed E-state index contributed by atoms with van der Waals surface area (Å²) in [7, 11) is 0. The number of halogens is 2. The number of Topliss-reactive ketones (excluding diaryl/α,β-unsaturated/α-hetero) is 1. The summed E-state index contributed by atoms with van der Waals surface area (Å²) in [6.45, 7) is 0. The Morgan fingerprint density at radius 3 is 2.60 bits per heavy atom. The van der Waals surface area contributed by atoms with E-state index >= 15 is 0 Å². The molecule has 1 aliphatic carbocycles. The Hall–Kier alpha value is -1.06. The van der Waals surface area contributed by atoms with Gasteiger partial charge in [0, 0.05) is 12.0 Å². The first-order valence-electron chi connectivity index (χ1n) is 4.11. The molecule has 2 rings (SSSR count). The maximum Gasteiger partial charge on any atom is 0.329 e. The van der Waals surface area contributed by atoms with Crippen molar-refractivity contribution in [3.63, 3.8) is 0 Å². The molecule has 1 N–H and O–H groups in total. The van der Waals surface area contributed by atoms with Crippen LogP contribution in [0.1, 0.15) is 22.3 Å². The van der Waals surface area contributed by atoms with Crippen molar-refractivity contribution in [2.75, 3.05) is 0 Å². The second kappa shape index (κ2) is 3.83. The van der Waals surface area contributed by atoms with Crippen LogP contribution in [0, 0.1) is 0 Å². The fraction of sp³-hybridized carbons (Fsp3) is 0.200. The molecular weight excluding hydrogens is 239 g/mol. The highest BCUT2D eigenvalue weighted by molar-refractivity contribution is 6.37. The van der Waals surface area contributed by atoms with Crippen LogP contribution in [0.4, 0.5) is 0 Å². The van der Waals surface area contributed by atoms with Gasteiger partial charge < -0.3 is 5.11 Å². The first kappa shape index (κ1) is 12.0. The van der Waals surface area contributed by atoms with E-state index in [4.69, 9.17) is 16.7 Å². The lowest BCUT2D eigenvalue weighted by atomic mass is 10.0.